The first-order chi connectivity index (χ1) is 19.7. The topological polar surface area (TPSA) is 165 Å². The average molecular weight is 564 g/mol. The normalized spacial score (nSPS) is 10.8. The first-order valence-corrected chi connectivity index (χ1v) is 13.0. The van der Waals surface area contributed by atoms with E-state index in [0.29, 0.717) is 47.7 Å². The second-order valence-corrected chi connectivity index (χ2v) is 9.14. The lowest BCUT2D eigenvalue weighted by Crippen LogP contribution is -2.26. The van der Waals surface area contributed by atoms with Crippen molar-refractivity contribution in [1.82, 2.24) is 24.6 Å². The Balaban J connectivity index is 1.49. The van der Waals surface area contributed by atoms with Gasteiger partial charge in [-0.25, -0.2) is 9.78 Å². The Morgan fingerprint density at radius 2 is 1.80 bits per heavy atom. The fraction of sp³-hybridized carbons (Fsp3) is 0.321. The fourth-order valence-electron chi connectivity index (χ4n) is 4.33. The van der Waals surface area contributed by atoms with Crippen molar-refractivity contribution in [2.24, 2.45) is 5.73 Å². The Morgan fingerprint density at radius 3 is 2.46 bits per heavy atom. The number of carbonyl (C=O) groups excluding carboxylic acids is 3. The van der Waals surface area contributed by atoms with Gasteiger partial charge in [-0.3, -0.25) is 19.6 Å². The van der Waals surface area contributed by atoms with Crippen molar-refractivity contribution in [2.75, 3.05) is 26.1 Å². The number of benzene rings is 2. The van der Waals surface area contributed by atoms with Gasteiger partial charge in [0, 0.05) is 25.2 Å². The predicted octanol–water partition coefficient (Wildman–Crippen LogP) is 3.25. The molecule has 4 N–H and O–H groups in total. The van der Waals surface area contributed by atoms with Gasteiger partial charge in [0.15, 0.2) is 0 Å². The number of nitrogens with two attached hydrogens (primary N) is 1. The molecule has 2 heterocycles. The summed E-state index contributed by atoms with van der Waals surface area (Å²) in [4.78, 5) is 41.9. The number of hydrogen-bond donors (Lipinski definition) is 3. The van der Waals surface area contributed by atoms with E-state index >= 15 is 0 Å². The van der Waals surface area contributed by atoms with E-state index < -0.39 is 17.9 Å². The van der Waals surface area contributed by atoms with Gasteiger partial charge in [-0.2, -0.15) is 5.10 Å². The van der Waals surface area contributed by atoms with Crippen molar-refractivity contribution >= 4 is 34.9 Å². The van der Waals surface area contributed by atoms with E-state index in [-0.39, 0.29) is 24.7 Å². The number of imidazole rings is 1. The van der Waals surface area contributed by atoms with Crippen molar-refractivity contribution in [1.29, 1.82) is 0 Å². The van der Waals surface area contributed by atoms with Crippen LogP contribution >= 0.6 is 0 Å². The Bertz CT molecular complexity index is 1560. The standard InChI is InChI=1S/C28H33N7O6/c1-5-35-22(13-17(2)33-35)26(37)32-27-31-21-14-19(25(29)36)15-23(40-4)24(21)34(27)12-6-11-30-28(38)41-16-18-7-9-20(39-3)10-8-18/h7-10,13-15H,5-6,11-12,16H2,1-4H3,(H2,29,36)(H,30,38)(H,31,32,37). The summed E-state index contributed by atoms with van der Waals surface area (Å²) < 4.78 is 19.3. The molecule has 0 fully saturated rings. The summed E-state index contributed by atoms with van der Waals surface area (Å²) in [6.07, 6.45) is -0.0877. The molecule has 0 aliphatic rings. The molecule has 0 saturated heterocycles. The molecule has 0 aliphatic heterocycles. The number of alkyl carbamates (subject to hydrolysis) is 1. The molecule has 216 valence electrons. The summed E-state index contributed by atoms with van der Waals surface area (Å²) in [5.74, 6) is 0.303. The van der Waals surface area contributed by atoms with Crippen LogP contribution in [0.4, 0.5) is 10.7 Å². The van der Waals surface area contributed by atoms with Crippen LogP contribution in [0.25, 0.3) is 11.0 Å². The number of aromatic nitrogens is 4. The smallest absolute Gasteiger partial charge is 0.407 e. The number of nitrogens with zero attached hydrogens (tertiary/aromatic N) is 4. The lowest BCUT2D eigenvalue weighted by molar-refractivity contribution is 0.0995. The Labute approximate surface area is 236 Å². The molecule has 3 amide bonds. The van der Waals surface area contributed by atoms with E-state index in [0.717, 1.165) is 11.3 Å². The maximum Gasteiger partial charge on any atom is 0.407 e. The number of amides is 3. The second kappa shape index (κ2) is 12.9. The van der Waals surface area contributed by atoms with Gasteiger partial charge in [0.05, 0.1) is 25.4 Å². The van der Waals surface area contributed by atoms with Gasteiger partial charge >= 0.3 is 6.09 Å². The predicted molar refractivity (Wildman–Crippen MR) is 151 cm³/mol. The van der Waals surface area contributed by atoms with Gasteiger partial charge in [-0.05, 0) is 56.2 Å². The van der Waals surface area contributed by atoms with E-state index in [9.17, 15) is 14.4 Å². The maximum atomic E-state index is 13.2. The fourth-order valence-corrected chi connectivity index (χ4v) is 4.33. The molecule has 2 aromatic carbocycles. The number of ether oxygens (including phenoxy) is 3. The number of methoxy groups -OCH3 is 2. The minimum Gasteiger partial charge on any atom is -0.497 e. The molecule has 0 aliphatic carbocycles. The third-order valence-corrected chi connectivity index (χ3v) is 6.33. The lowest BCUT2D eigenvalue weighted by atomic mass is 10.1. The molecule has 4 rings (SSSR count). The van der Waals surface area contributed by atoms with Crippen molar-refractivity contribution in [3.63, 3.8) is 0 Å². The van der Waals surface area contributed by atoms with Crippen molar-refractivity contribution in [3.05, 3.63) is 65.0 Å². The summed E-state index contributed by atoms with van der Waals surface area (Å²) in [5.41, 5.74) is 8.62. The van der Waals surface area contributed by atoms with Gasteiger partial charge in [0.25, 0.3) is 5.91 Å². The second-order valence-electron chi connectivity index (χ2n) is 9.14. The third kappa shape index (κ3) is 6.75. The molecule has 2 aromatic heterocycles. The maximum absolute atomic E-state index is 13.2. The molecule has 0 radical (unpaired) electrons. The van der Waals surface area contributed by atoms with Crippen LogP contribution in [-0.4, -0.2) is 58.0 Å². The van der Waals surface area contributed by atoms with Gasteiger partial charge in [-0.15, -0.1) is 0 Å². The van der Waals surface area contributed by atoms with Gasteiger partial charge in [0.1, 0.15) is 29.3 Å². The average Bonchev–Trinajstić information content (AvgIpc) is 3.53. The summed E-state index contributed by atoms with van der Waals surface area (Å²) in [6, 6.07) is 12.0. The number of carbonyl (C=O) groups is 3. The summed E-state index contributed by atoms with van der Waals surface area (Å²) >= 11 is 0. The quantitative estimate of drug-likeness (QED) is 0.221. The van der Waals surface area contributed by atoms with E-state index in [2.05, 4.69) is 20.7 Å². The summed E-state index contributed by atoms with van der Waals surface area (Å²) in [5, 5.41) is 9.93. The zero-order valence-electron chi connectivity index (χ0n) is 23.4. The van der Waals surface area contributed by atoms with Gasteiger partial charge in [-0.1, -0.05) is 12.1 Å². The van der Waals surface area contributed by atoms with Crippen LogP contribution in [0.5, 0.6) is 11.5 Å². The first-order valence-electron chi connectivity index (χ1n) is 13.0. The highest BCUT2D eigenvalue weighted by Gasteiger charge is 2.21. The number of anilines is 1. The number of aryl methyl sites for hydroxylation is 3. The molecule has 41 heavy (non-hydrogen) atoms. The van der Waals surface area contributed by atoms with Crippen molar-refractivity contribution < 1.29 is 28.6 Å². The van der Waals surface area contributed by atoms with Crippen LogP contribution in [0.3, 0.4) is 0 Å². The van der Waals surface area contributed by atoms with E-state index in [1.807, 2.05) is 26.0 Å². The molecule has 0 atom stereocenters. The van der Waals surface area contributed by atoms with Gasteiger partial charge in [0.2, 0.25) is 11.9 Å². The van der Waals surface area contributed by atoms with E-state index in [4.69, 9.17) is 19.9 Å². The van der Waals surface area contributed by atoms with Crippen LogP contribution in [0, 0.1) is 6.92 Å². The Kier molecular flexibility index (Phi) is 9.07. The minimum atomic E-state index is -0.634. The summed E-state index contributed by atoms with van der Waals surface area (Å²) in [7, 11) is 3.05. The number of nitrogens with one attached hydrogen (secondary N) is 2. The molecular formula is C28H33N7O6. The van der Waals surface area contributed by atoms with Crippen LogP contribution in [0.1, 0.15) is 45.4 Å². The van der Waals surface area contributed by atoms with E-state index in [1.54, 1.807) is 40.6 Å². The molecule has 13 heteroatoms. The number of hydrogen-bond acceptors (Lipinski definition) is 8. The van der Waals surface area contributed by atoms with Crippen molar-refractivity contribution in [3.8, 4) is 11.5 Å². The highest BCUT2D eigenvalue weighted by atomic mass is 16.5. The van der Waals surface area contributed by atoms with Crippen LogP contribution in [0.15, 0.2) is 42.5 Å². The number of fused-ring (bicyclic) bond motifs is 1. The minimum absolute atomic E-state index is 0.116. The first kappa shape index (κ1) is 28.9. The lowest BCUT2D eigenvalue weighted by Gasteiger charge is -2.13. The number of primary amides is 1. The van der Waals surface area contributed by atoms with Crippen molar-refractivity contribution in [2.45, 2.75) is 40.0 Å². The van der Waals surface area contributed by atoms with Crippen LogP contribution in [-0.2, 0) is 24.4 Å². The SMILES string of the molecule is CCn1nc(C)cc1C(=O)Nc1nc2cc(C(N)=O)cc(OC)c2n1CCCNC(=O)OCc1ccc(OC)cc1. The summed E-state index contributed by atoms with van der Waals surface area (Å²) in [6.45, 7) is 4.97. The molecular weight excluding hydrogens is 530 g/mol. The molecule has 0 unspecified atom stereocenters. The highest BCUT2D eigenvalue weighted by molar-refractivity contribution is 6.04. The van der Waals surface area contributed by atoms with E-state index in [1.165, 1.54) is 13.2 Å². The third-order valence-electron chi connectivity index (χ3n) is 6.33. The molecule has 13 nitrogen and oxygen atoms in total. The van der Waals surface area contributed by atoms with Crippen LogP contribution in [0.2, 0.25) is 0 Å². The largest absolute Gasteiger partial charge is 0.497 e. The zero-order valence-corrected chi connectivity index (χ0v) is 23.4. The Hall–Kier alpha value is -5.07. The molecule has 0 spiro atoms. The Morgan fingerprint density at radius 1 is 1.05 bits per heavy atom. The number of rotatable bonds is 12. The van der Waals surface area contributed by atoms with Gasteiger partial charge < -0.3 is 29.8 Å². The molecule has 4 aromatic rings. The highest BCUT2D eigenvalue weighted by Crippen LogP contribution is 2.31. The zero-order chi connectivity index (χ0) is 29.5. The van der Waals surface area contributed by atoms with Crippen LogP contribution < -0.4 is 25.8 Å². The molecule has 0 bridgehead atoms. The monoisotopic (exact) mass is 563 g/mol. The molecule has 0 saturated carbocycles.